The molecule has 0 radical (unpaired) electrons. The van der Waals surface area contributed by atoms with Gasteiger partial charge in [-0.2, -0.15) is 5.10 Å². The summed E-state index contributed by atoms with van der Waals surface area (Å²) in [6.45, 7) is 7.85. The van der Waals surface area contributed by atoms with Gasteiger partial charge in [0.25, 0.3) is 5.91 Å². The van der Waals surface area contributed by atoms with E-state index in [2.05, 4.69) is 20.7 Å². The number of benzene rings is 2. The molecule has 0 spiro atoms. The van der Waals surface area contributed by atoms with Gasteiger partial charge in [0, 0.05) is 17.0 Å². The topological polar surface area (TPSA) is 145 Å². The molecule has 1 amide bonds. The number of nitrogen functional groups attached to an aromatic ring is 1. The molecule has 4 aromatic rings. The molecule has 182 valence electrons. The largest absolute Gasteiger partial charge is 0.484 e. The van der Waals surface area contributed by atoms with E-state index in [4.69, 9.17) is 20.7 Å². The Balaban J connectivity index is 1.63. The molecule has 0 fully saturated rings. The standard InChI is InChI=1S/C25H27FN6O3/c1-13(14-5-8-16(26)9-6-14)34-18-11-15(7-10-17(18)27)22-21(23(28)33)24(31-30-22)29-20-12-19(32-35-20)25(2,3)4/h5-13H,27H2,1-4H3,(H2,28,33)(H2,29,30,31)/t13-/m0/s1. The number of primary amides is 1. The molecule has 2 aromatic heterocycles. The molecule has 0 saturated heterocycles. The van der Waals surface area contributed by atoms with Crippen molar-refractivity contribution in [2.24, 2.45) is 5.73 Å². The molecule has 0 saturated carbocycles. The minimum Gasteiger partial charge on any atom is -0.484 e. The SMILES string of the molecule is C[C@H](Oc1cc(-c2[nH]nc(Nc3cc(C(C)(C)C)no3)c2C(N)=O)ccc1N)c1ccc(F)cc1. The van der Waals surface area contributed by atoms with E-state index in [1.807, 2.05) is 27.7 Å². The van der Waals surface area contributed by atoms with E-state index in [0.29, 0.717) is 28.6 Å². The number of carbonyl (C=O) groups is 1. The summed E-state index contributed by atoms with van der Waals surface area (Å²) in [5, 5.41) is 14.1. The van der Waals surface area contributed by atoms with Crippen molar-refractivity contribution in [3.05, 3.63) is 71.2 Å². The summed E-state index contributed by atoms with van der Waals surface area (Å²) >= 11 is 0. The molecule has 2 aromatic carbocycles. The minimum absolute atomic E-state index is 0.140. The summed E-state index contributed by atoms with van der Waals surface area (Å²) in [6, 6.07) is 12.8. The van der Waals surface area contributed by atoms with Crippen LogP contribution in [0.15, 0.2) is 53.1 Å². The molecule has 0 aliphatic carbocycles. The van der Waals surface area contributed by atoms with E-state index in [1.54, 1.807) is 36.4 Å². The molecule has 0 unspecified atom stereocenters. The third kappa shape index (κ3) is 5.11. The Bertz CT molecular complexity index is 1350. The highest BCUT2D eigenvalue weighted by molar-refractivity contribution is 6.04. The number of aromatic amines is 1. The molecule has 10 heteroatoms. The number of anilines is 3. The van der Waals surface area contributed by atoms with Crippen LogP contribution in [0, 0.1) is 5.82 Å². The van der Waals surface area contributed by atoms with Crippen molar-refractivity contribution in [2.45, 2.75) is 39.2 Å². The highest BCUT2D eigenvalue weighted by Gasteiger charge is 2.24. The fraction of sp³-hybridized carbons (Fsp3) is 0.240. The van der Waals surface area contributed by atoms with E-state index in [9.17, 15) is 9.18 Å². The van der Waals surface area contributed by atoms with Gasteiger partial charge in [-0.25, -0.2) is 4.39 Å². The van der Waals surface area contributed by atoms with Gasteiger partial charge >= 0.3 is 0 Å². The molecular weight excluding hydrogens is 451 g/mol. The zero-order valence-corrected chi connectivity index (χ0v) is 19.8. The van der Waals surface area contributed by atoms with Crippen molar-refractivity contribution >= 4 is 23.3 Å². The molecule has 6 N–H and O–H groups in total. The Labute approximate surface area is 201 Å². The molecule has 2 heterocycles. The number of H-pyrrole nitrogens is 1. The highest BCUT2D eigenvalue weighted by Crippen LogP contribution is 2.35. The number of ether oxygens (including phenoxy) is 1. The average molecular weight is 479 g/mol. The number of aromatic nitrogens is 3. The van der Waals surface area contributed by atoms with Gasteiger partial charge in [-0.3, -0.25) is 9.89 Å². The first kappa shape index (κ1) is 23.8. The van der Waals surface area contributed by atoms with Crippen LogP contribution in [-0.2, 0) is 5.41 Å². The summed E-state index contributed by atoms with van der Waals surface area (Å²) in [5.74, 6) is -0.104. The lowest BCUT2D eigenvalue weighted by atomic mass is 9.92. The van der Waals surface area contributed by atoms with Crippen molar-refractivity contribution in [1.82, 2.24) is 15.4 Å². The minimum atomic E-state index is -0.689. The predicted molar refractivity (Wildman–Crippen MR) is 131 cm³/mol. The van der Waals surface area contributed by atoms with Crippen molar-refractivity contribution in [2.75, 3.05) is 11.1 Å². The third-order valence-electron chi connectivity index (χ3n) is 5.48. The van der Waals surface area contributed by atoms with Crippen molar-refractivity contribution in [1.29, 1.82) is 0 Å². The lowest BCUT2D eigenvalue weighted by Gasteiger charge is -2.17. The van der Waals surface area contributed by atoms with Gasteiger partial charge in [-0.15, -0.1) is 0 Å². The van der Waals surface area contributed by atoms with E-state index in [1.165, 1.54) is 12.1 Å². The molecule has 0 aliphatic rings. The second kappa shape index (κ2) is 9.13. The van der Waals surface area contributed by atoms with E-state index in [0.717, 1.165) is 11.3 Å². The van der Waals surface area contributed by atoms with Crippen LogP contribution in [0.1, 0.15) is 55.4 Å². The fourth-order valence-electron chi connectivity index (χ4n) is 3.47. The predicted octanol–water partition coefficient (Wildman–Crippen LogP) is 5.07. The van der Waals surface area contributed by atoms with Crippen LogP contribution in [0.5, 0.6) is 5.75 Å². The zero-order chi connectivity index (χ0) is 25.3. The molecule has 35 heavy (non-hydrogen) atoms. The highest BCUT2D eigenvalue weighted by atomic mass is 19.1. The number of nitrogens with zero attached hydrogens (tertiary/aromatic N) is 2. The molecule has 0 bridgehead atoms. The van der Waals surface area contributed by atoms with Crippen molar-refractivity contribution < 1.29 is 18.4 Å². The molecule has 9 nitrogen and oxygen atoms in total. The number of amides is 1. The van der Waals surface area contributed by atoms with Crippen LogP contribution in [0.4, 0.5) is 21.8 Å². The van der Waals surface area contributed by atoms with Gasteiger partial charge in [0.05, 0.1) is 17.1 Å². The van der Waals surface area contributed by atoms with Gasteiger partial charge in [-0.05, 0) is 36.8 Å². The molecular formula is C25H27FN6O3. The summed E-state index contributed by atoms with van der Waals surface area (Å²) in [6.07, 6.45) is -0.397. The maximum absolute atomic E-state index is 13.3. The molecule has 1 atom stereocenters. The van der Waals surface area contributed by atoms with E-state index in [-0.39, 0.29) is 22.6 Å². The summed E-state index contributed by atoms with van der Waals surface area (Å²) in [4.78, 5) is 12.4. The van der Waals surface area contributed by atoms with Gasteiger partial charge in [0.1, 0.15) is 23.2 Å². The number of nitrogens with two attached hydrogens (primary N) is 2. The smallest absolute Gasteiger partial charge is 0.254 e. The van der Waals surface area contributed by atoms with Gasteiger partial charge in [0.2, 0.25) is 5.88 Å². The normalized spacial score (nSPS) is 12.4. The number of carbonyl (C=O) groups excluding carboxylic acids is 1. The van der Waals surface area contributed by atoms with Crippen LogP contribution >= 0.6 is 0 Å². The molecule has 0 aliphatic heterocycles. The lowest BCUT2D eigenvalue weighted by molar-refractivity contribution is 0.100. The van der Waals surface area contributed by atoms with Gasteiger partial charge in [-0.1, -0.05) is 44.1 Å². The maximum atomic E-state index is 13.3. The number of hydrogen-bond acceptors (Lipinski definition) is 7. The van der Waals surface area contributed by atoms with Crippen molar-refractivity contribution in [3.8, 4) is 17.0 Å². The number of hydrogen-bond donors (Lipinski definition) is 4. The van der Waals surface area contributed by atoms with Crippen LogP contribution in [-0.4, -0.2) is 21.3 Å². The van der Waals surface area contributed by atoms with E-state index >= 15 is 0 Å². The van der Waals surface area contributed by atoms with Crippen LogP contribution in [0.25, 0.3) is 11.3 Å². The number of halogens is 1. The fourth-order valence-corrected chi connectivity index (χ4v) is 3.47. The monoisotopic (exact) mass is 478 g/mol. The average Bonchev–Trinajstić information content (AvgIpc) is 3.43. The first-order chi connectivity index (χ1) is 16.5. The van der Waals surface area contributed by atoms with E-state index < -0.39 is 12.0 Å². The zero-order valence-electron chi connectivity index (χ0n) is 19.8. The lowest BCUT2D eigenvalue weighted by Crippen LogP contribution is -2.13. The first-order valence-electron chi connectivity index (χ1n) is 11.0. The first-order valence-corrected chi connectivity index (χ1v) is 11.0. The van der Waals surface area contributed by atoms with Crippen LogP contribution in [0.2, 0.25) is 0 Å². The summed E-state index contributed by atoms with van der Waals surface area (Å²) in [5.41, 5.74) is 14.6. The maximum Gasteiger partial charge on any atom is 0.254 e. The number of nitrogens with one attached hydrogen (secondary N) is 2. The second-order valence-electron chi connectivity index (χ2n) is 9.20. The second-order valence-corrected chi connectivity index (χ2v) is 9.20. The summed E-state index contributed by atoms with van der Waals surface area (Å²) in [7, 11) is 0. The summed E-state index contributed by atoms with van der Waals surface area (Å²) < 4.78 is 24.6. The Morgan fingerprint density at radius 3 is 2.51 bits per heavy atom. The Hall–Kier alpha value is -4.34. The Morgan fingerprint density at radius 1 is 1.17 bits per heavy atom. The Morgan fingerprint density at radius 2 is 1.89 bits per heavy atom. The van der Waals surface area contributed by atoms with Crippen molar-refractivity contribution in [3.63, 3.8) is 0 Å². The Kier molecular flexibility index (Phi) is 6.21. The van der Waals surface area contributed by atoms with Crippen LogP contribution < -0.4 is 21.5 Å². The third-order valence-corrected chi connectivity index (χ3v) is 5.48. The molecule has 4 rings (SSSR count). The number of rotatable bonds is 7. The van der Waals surface area contributed by atoms with Gasteiger partial charge in [0.15, 0.2) is 5.82 Å². The quantitative estimate of drug-likeness (QED) is 0.271. The van der Waals surface area contributed by atoms with Gasteiger partial charge < -0.3 is 26.0 Å². The van der Waals surface area contributed by atoms with Crippen LogP contribution in [0.3, 0.4) is 0 Å².